The van der Waals surface area contributed by atoms with Crippen molar-refractivity contribution in [2.24, 2.45) is 5.73 Å². The van der Waals surface area contributed by atoms with Gasteiger partial charge in [0.05, 0.1) is 0 Å². The first-order valence-electron chi connectivity index (χ1n) is 7.18. The van der Waals surface area contributed by atoms with Crippen molar-refractivity contribution >= 4 is 40.9 Å². The van der Waals surface area contributed by atoms with Crippen molar-refractivity contribution in [3.63, 3.8) is 0 Å². The molecule has 11 heteroatoms. The second kappa shape index (κ2) is 10.3. The lowest BCUT2D eigenvalue weighted by Crippen LogP contribution is -2.65. The summed E-state index contributed by atoms with van der Waals surface area (Å²) in [4.78, 5) is 44.9. The summed E-state index contributed by atoms with van der Waals surface area (Å²) in [6.07, 6.45) is -4.58. The number of ether oxygens (including phenoxy) is 5. The lowest BCUT2D eigenvalue weighted by molar-refractivity contribution is -0.267. The van der Waals surface area contributed by atoms with E-state index >= 15 is 0 Å². The summed E-state index contributed by atoms with van der Waals surface area (Å²) < 4.78 is 25.5. The molecule has 2 N–H and O–H groups in total. The number of hydrogen-bond acceptors (Lipinski definition) is 10. The highest BCUT2D eigenvalue weighted by atomic mass is 79.9. The summed E-state index contributed by atoms with van der Waals surface area (Å²) in [5.74, 6) is -2.62. The van der Waals surface area contributed by atoms with Crippen LogP contribution in [-0.2, 0) is 42.9 Å². The van der Waals surface area contributed by atoms with Gasteiger partial charge in [0.2, 0.25) is 6.29 Å². The summed E-state index contributed by atoms with van der Waals surface area (Å²) >= 11 is 0. The summed E-state index contributed by atoms with van der Waals surface area (Å²) in [7, 11) is 0. The normalized spacial score (nSPS) is 28.1. The SMILES string of the molecule is Br.CC(=O)OCC1O[C@H](OC(C)=O)C(N)[C@@H](OC(C)=O)[C@@H]1OC(C)=O. The molecule has 0 aromatic carbocycles. The third-order valence-electron chi connectivity index (χ3n) is 3.03. The lowest BCUT2D eigenvalue weighted by atomic mass is 9.97. The number of rotatable bonds is 5. The van der Waals surface area contributed by atoms with Crippen LogP contribution in [0.4, 0.5) is 0 Å². The first kappa shape index (κ1) is 23.3. The van der Waals surface area contributed by atoms with Crippen LogP contribution in [0.5, 0.6) is 0 Å². The molecule has 0 saturated carbocycles. The standard InChI is InChI=1S/C14H21NO9.BrH/c1-6(16)20-5-10-12(21-7(2)17)13(22-8(3)18)11(15)14(24-10)23-9(4)19;/h10-14H,5,15H2,1-4H3;1H/t10?,11?,12-,13-,14+;/m1./s1. The zero-order valence-electron chi connectivity index (χ0n) is 14.3. The van der Waals surface area contributed by atoms with Gasteiger partial charge in [-0.1, -0.05) is 0 Å². The molecule has 0 radical (unpaired) electrons. The minimum atomic E-state index is -1.26. The van der Waals surface area contributed by atoms with Gasteiger partial charge in [0.15, 0.2) is 12.2 Å². The Morgan fingerprint density at radius 3 is 1.76 bits per heavy atom. The molecule has 0 aliphatic carbocycles. The predicted molar refractivity (Wildman–Crippen MR) is 86.5 cm³/mol. The smallest absolute Gasteiger partial charge is 0.304 e. The molecule has 1 aliphatic rings. The molecule has 1 rings (SSSR count). The second-order valence-electron chi connectivity index (χ2n) is 5.18. The van der Waals surface area contributed by atoms with Gasteiger partial charge in [0.25, 0.3) is 0 Å². The fraction of sp³-hybridized carbons (Fsp3) is 0.714. The van der Waals surface area contributed by atoms with Crippen LogP contribution in [0.3, 0.4) is 0 Å². The maximum Gasteiger partial charge on any atom is 0.304 e. The molecule has 0 amide bonds. The van der Waals surface area contributed by atoms with Gasteiger partial charge in [-0.3, -0.25) is 19.2 Å². The Morgan fingerprint density at radius 2 is 1.32 bits per heavy atom. The third kappa shape index (κ3) is 7.36. The van der Waals surface area contributed by atoms with E-state index in [2.05, 4.69) is 0 Å². The number of nitrogens with two attached hydrogens (primary N) is 1. The molecule has 0 bridgehead atoms. The summed E-state index contributed by atoms with van der Waals surface area (Å²) in [5.41, 5.74) is 5.93. The van der Waals surface area contributed by atoms with E-state index in [1.165, 1.54) is 6.92 Å². The Bertz CT molecular complexity index is 497. The van der Waals surface area contributed by atoms with Gasteiger partial charge in [-0.2, -0.15) is 0 Å². The molecule has 10 nitrogen and oxygen atoms in total. The van der Waals surface area contributed by atoms with Crippen molar-refractivity contribution in [1.82, 2.24) is 0 Å². The first-order chi connectivity index (χ1) is 11.1. The molecule has 25 heavy (non-hydrogen) atoms. The van der Waals surface area contributed by atoms with E-state index < -0.39 is 54.5 Å². The molecule has 1 saturated heterocycles. The number of carbonyl (C=O) groups is 4. The molecule has 2 unspecified atom stereocenters. The molecule has 1 heterocycles. The molecule has 5 atom stereocenters. The average Bonchev–Trinajstić information content (AvgIpc) is 2.42. The first-order valence-corrected chi connectivity index (χ1v) is 7.18. The van der Waals surface area contributed by atoms with Crippen molar-refractivity contribution in [2.75, 3.05) is 6.61 Å². The fourth-order valence-electron chi connectivity index (χ4n) is 2.20. The molecule has 144 valence electrons. The summed E-state index contributed by atoms with van der Waals surface area (Å²) in [6, 6.07) is -1.10. The van der Waals surface area contributed by atoms with E-state index in [0.717, 1.165) is 20.8 Å². The Hall–Kier alpha value is -1.72. The number of carbonyl (C=O) groups excluding carboxylic acids is 4. The maximum atomic E-state index is 11.3. The Labute approximate surface area is 155 Å². The minimum Gasteiger partial charge on any atom is -0.463 e. The molecule has 1 aliphatic heterocycles. The number of esters is 4. The Morgan fingerprint density at radius 1 is 0.840 bits per heavy atom. The Kier molecular flexibility index (Phi) is 9.60. The van der Waals surface area contributed by atoms with Gasteiger partial charge in [-0.05, 0) is 0 Å². The molecule has 1 fully saturated rings. The highest BCUT2D eigenvalue weighted by Crippen LogP contribution is 2.26. The Balaban J connectivity index is 0.00000576. The second-order valence-corrected chi connectivity index (χ2v) is 5.18. The van der Waals surface area contributed by atoms with Crippen LogP contribution in [0, 0.1) is 0 Å². The van der Waals surface area contributed by atoms with E-state index in [0.29, 0.717) is 0 Å². The third-order valence-corrected chi connectivity index (χ3v) is 3.03. The van der Waals surface area contributed by atoms with Crippen molar-refractivity contribution in [1.29, 1.82) is 0 Å². The highest BCUT2D eigenvalue weighted by Gasteiger charge is 2.50. The van der Waals surface area contributed by atoms with Gasteiger partial charge in [-0.15, -0.1) is 17.0 Å². The fourth-order valence-corrected chi connectivity index (χ4v) is 2.20. The van der Waals surface area contributed by atoms with E-state index in [1.807, 2.05) is 0 Å². The number of hydrogen-bond donors (Lipinski definition) is 1. The predicted octanol–water partition coefficient (Wildman–Crippen LogP) is -0.394. The van der Waals surface area contributed by atoms with E-state index in [-0.39, 0.29) is 23.6 Å². The molecular weight excluding hydrogens is 406 g/mol. The molecule has 0 aromatic heterocycles. The maximum absolute atomic E-state index is 11.3. The van der Waals surface area contributed by atoms with Crippen molar-refractivity contribution in [3.8, 4) is 0 Å². The van der Waals surface area contributed by atoms with Crippen LogP contribution in [0.25, 0.3) is 0 Å². The molecular formula is C14H22BrNO9. The van der Waals surface area contributed by atoms with Crippen LogP contribution in [0.15, 0.2) is 0 Å². The quantitative estimate of drug-likeness (QED) is 0.455. The number of halogens is 1. The van der Waals surface area contributed by atoms with Crippen LogP contribution in [-0.4, -0.2) is 61.1 Å². The average molecular weight is 428 g/mol. The van der Waals surface area contributed by atoms with Crippen molar-refractivity contribution in [3.05, 3.63) is 0 Å². The van der Waals surface area contributed by atoms with E-state index in [1.54, 1.807) is 0 Å². The zero-order valence-corrected chi connectivity index (χ0v) is 16.0. The van der Waals surface area contributed by atoms with Crippen LogP contribution in [0.1, 0.15) is 27.7 Å². The lowest BCUT2D eigenvalue weighted by Gasteiger charge is -2.42. The van der Waals surface area contributed by atoms with Crippen molar-refractivity contribution < 1.29 is 42.9 Å². The van der Waals surface area contributed by atoms with Gasteiger partial charge in [0, 0.05) is 27.7 Å². The molecule has 0 aromatic rings. The zero-order chi connectivity index (χ0) is 18.4. The summed E-state index contributed by atoms with van der Waals surface area (Å²) in [5, 5.41) is 0. The van der Waals surface area contributed by atoms with E-state index in [4.69, 9.17) is 29.4 Å². The van der Waals surface area contributed by atoms with E-state index in [9.17, 15) is 19.2 Å². The topological polar surface area (TPSA) is 140 Å². The van der Waals surface area contributed by atoms with Crippen LogP contribution < -0.4 is 5.73 Å². The van der Waals surface area contributed by atoms with Gasteiger partial charge in [-0.25, -0.2) is 0 Å². The largest absolute Gasteiger partial charge is 0.463 e. The van der Waals surface area contributed by atoms with Gasteiger partial charge in [0.1, 0.15) is 18.8 Å². The minimum absolute atomic E-state index is 0. The van der Waals surface area contributed by atoms with Crippen LogP contribution in [0.2, 0.25) is 0 Å². The molecule has 0 spiro atoms. The van der Waals surface area contributed by atoms with Crippen molar-refractivity contribution in [2.45, 2.75) is 58.3 Å². The van der Waals surface area contributed by atoms with Crippen LogP contribution >= 0.6 is 17.0 Å². The monoisotopic (exact) mass is 427 g/mol. The summed E-state index contributed by atoms with van der Waals surface area (Å²) in [6.45, 7) is 4.32. The van der Waals surface area contributed by atoms with Gasteiger partial charge >= 0.3 is 23.9 Å². The highest BCUT2D eigenvalue weighted by molar-refractivity contribution is 8.93. The van der Waals surface area contributed by atoms with Gasteiger partial charge < -0.3 is 29.4 Å².